The molecule has 0 aliphatic heterocycles. The number of carboxylic acids is 1. The number of hydrogen-bond donors (Lipinski definition) is 1. The van der Waals surface area contributed by atoms with E-state index in [0.717, 1.165) is 12.8 Å². The molecule has 1 amide bonds. The lowest BCUT2D eigenvalue weighted by molar-refractivity contribution is -0.143. The Labute approximate surface area is 132 Å². The van der Waals surface area contributed by atoms with E-state index in [2.05, 4.69) is 0 Å². The highest BCUT2D eigenvalue weighted by atomic mass is 16.6. The molecule has 0 unspecified atom stereocenters. The van der Waals surface area contributed by atoms with Gasteiger partial charge in [-0.3, -0.25) is 4.79 Å². The molecule has 22 heavy (non-hydrogen) atoms. The fraction of sp³-hybridized carbons (Fsp3) is 0.875. The molecular formula is C16H29NO5. The molecule has 0 aromatic carbocycles. The zero-order valence-corrected chi connectivity index (χ0v) is 14.3. The first-order valence-corrected chi connectivity index (χ1v) is 7.90. The SMILES string of the molecule is C[C@@H](COC1CCC(C(=O)O)CC1)N(C)C(=O)OC(C)(C)C. The van der Waals surface area contributed by atoms with Crippen molar-refractivity contribution in [3.05, 3.63) is 0 Å². The number of carbonyl (C=O) groups is 2. The van der Waals surface area contributed by atoms with Gasteiger partial charge in [0.25, 0.3) is 0 Å². The van der Waals surface area contributed by atoms with Crippen LogP contribution in [0.25, 0.3) is 0 Å². The summed E-state index contributed by atoms with van der Waals surface area (Å²) in [5.74, 6) is -0.946. The molecule has 0 bridgehead atoms. The van der Waals surface area contributed by atoms with E-state index in [9.17, 15) is 9.59 Å². The Morgan fingerprint density at radius 2 is 1.77 bits per heavy atom. The van der Waals surface area contributed by atoms with Crippen molar-refractivity contribution < 1.29 is 24.2 Å². The highest BCUT2D eigenvalue weighted by Crippen LogP contribution is 2.26. The van der Waals surface area contributed by atoms with Crippen LogP contribution in [-0.4, -0.2) is 53.5 Å². The molecule has 1 N–H and O–H groups in total. The van der Waals surface area contributed by atoms with E-state index < -0.39 is 11.6 Å². The van der Waals surface area contributed by atoms with Gasteiger partial charge in [0.15, 0.2) is 0 Å². The third-order valence-corrected chi connectivity index (χ3v) is 3.94. The van der Waals surface area contributed by atoms with E-state index in [-0.39, 0.29) is 24.2 Å². The number of amides is 1. The Balaban J connectivity index is 2.32. The largest absolute Gasteiger partial charge is 0.481 e. The van der Waals surface area contributed by atoms with Gasteiger partial charge in [0.2, 0.25) is 0 Å². The molecule has 0 aromatic heterocycles. The molecule has 1 aliphatic carbocycles. The molecule has 1 aliphatic rings. The molecular weight excluding hydrogens is 286 g/mol. The summed E-state index contributed by atoms with van der Waals surface area (Å²) in [6.07, 6.45) is 2.58. The van der Waals surface area contributed by atoms with Gasteiger partial charge in [0, 0.05) is 7.05 Å². The summed E-state index contributed by atoms with van der Waals surface area (Å²) in [6.45, 7) is 7.84. The highest BCUT2D eigenvalue weighted by Gasteiger charge is 2.28. The van der Waals surface area contributed by atoms with Gasteiger partial charge in [0.1, 0.15) is 5.60 Å². The smallest absolute Gasteiger partial charge is 0.410 e. The molecule has 128 valence electrons. The molecule has 0 saturated heterocycles. The monoisotopic (exact) mass is 315 g/mol. The molecule has 1 atom stereocenters. The normalized spacial score (nSPS) is 23.7. The Hall–Kier alpha value is -1.30. The van der Waals surface area contributed by atoms with Crippen LogP contribution in [0.1, 0.15) is 53.4 Å². The van der Waals surface area contributed by atoms with Gasteiger partial charge >= 0.3 is 12.1 Å². The number of rotatable bonds is 5. The minimum Gasteiger partial charge on any atom is -0.481 e. The molecule has 0 radical (unpaired) electrons. The first kappa shape index (κ1) is 18.7. The lowest BCUT2D eigenvalue weighted by atomic mass is 9.87. The fourth-order valence-electron chi connectivity index (χ4n) is 2.38. The summed E-state index contributed by atoms with van der Waals surface area (Å²) in [4.78, 5) is 24.4. The summed E-state index contributed by atoms with van der Waals surface area (Å²) >= 11 is 0. The summed E-state index contributed by atoms with van der Waals surface area (Å²) in [5.41, 5.74) is -0.513. The molecule has 0 aromatic rings. The topological polar surface area (TPSA) is 76.1 Å². The van der Waals surface area contributed by atoms with Gasteiger partial charge in [-0.2, -0.15) is 0 Å². The van der Waals surface area contributed by atoms with Gasteiger partial charge in [0.05, 0.1) is 24.7 Å². The minimum atomic E-state index is -0.712. The molecule has 1 rings (SSSR count). The van der Waals surface area contributed by atoms with Crippen molar-refractivity contribution in [3.63, 3.8) is 0 Å². The average molecular weight is 315 g/mol. The van der Waals surface area contributed by atoms with Crippen molar-refractivity contribution in [1.29, 1.82) is 0 Å². The molecule has 0 spiro atoms. The first-order chi connectivity index (χ1) is 10.1. The first-order valence-electron chi connectivity index (χ1n) is 7.90. The third kappa shape index (κ3) is 6.22. The van der Waals surface area contributed by atoms with Crippen LogP contribution >= 0.6 is 0 Å². The Morgan fingerprint density at radius 3 is 2.23 bits per heavy atom. The van der Waals surface area contributed by atoms with Crippen molar-refractivity contribution in [1.82, 2.24) is 4.90 Å². The number of aliphatic carboxylic acids is 1. The molecule has 1 fully saturated rings. The number of ether oxygens (including phenoxy) is 2. The van der Waals surface area contributed by atoms with Crippen LogP contribution in [0, 0.1) is 5.92 Å². The van der Waals surface area contributed by atoms with Crippen LogP contribution in [-0.2, 0) is 14.3 Å². The van der Waals surface area contributed by atoms with Gasteiger partial charge in [-0.25, -0.2) is 4.79 Å². The predicted molar refractivity (Wildman–Crippen MR) is 82.8 cm³/mol. The van der Waals surface area contributed by atoms with E-state index in [1.807, 2.05) is 27.7 Å². The predicted octanol–water partition coefficient (Wildman–Crippen LogP) is 2.90. The number of carbonyl (C=O) groups excluding carboxylic acids is 1. The van der Waals surface area contributed by atoms with Gasteiger partial charge in [-0.05, 0) is 53.4 Å². The van der Waals surface area contributed by atoms with Gasteiger partial charge in [-0.1, -0.05) is 0 Å². The van der Waals surface area contributed by atoms with Crippen LogP contribution in [0.15, 0.2) is 0 Å². The van der Waals surface area contributed by atoms with Crippen molar-refractivity contribution in [3.8, 4) is 0 Å². The second kappa shape index (κ2) is 7.81. The van der Waals surface area contributed by atoms with Crippen LogP contribution in [0.5, 0.6) is 0 Å². The maximum Gasteiger partial charge on any atom is 0.410 e. The second-order valence-electron chi connectivity index (χ2n) is 7.09. The maximum absolute atomic E-state index is 12.0. The average Bonchev–Trinajstić information content (AvgIpc) is 2.42. The number of hydrogen-bond acceptors (Lipinski definition) is 4. The van der Waals surface area contributed by atoms with Crippen molar-refractivity contribution in [2.75, 3.05) is 13.7 Å². The summed E-state index contributed by atoms with van der Waals surface area (Å²) in [7, 11) is 1.70. The lowest BCUT2D eigenvalue weighted by Gasteiger charge is -2.31. The minimum absolute atomic E-state index is 0.0880. The van der Waals surface area contributed by atoms with Crippen LogP contribution < -0.4 is 0 Å². The molecule has 6 heteroatoms. The summed E-state index contributed by atoms with van der Waals surface area (Å²) < 4.78 is 11.2. The van der Waals surface area contributed by atoms with Crippen LogP contribution in [0.4, 0.5) is 4.79 Å². The Kier molecular flexibility index (Phi) is 6.66. The number of nitrogens with zero attached hydrogens (tertiary/aromatic N) is 1. The Bertz CT molecular complexity index is 382. The Morgan fingerprint density at radius 1 is 1.23 bits per heavy atom. The van der Waals surface area contributed by atoms with E-state index in [1.54, 1.807) is 7.05 Å². The molecule has 6 nitrogen and oxygen atoms in total. The molecule has 1 saturated carbocycles. The quantitative estimate of drug-likeness (QED) is 0.844. The third-order valence-electron chi connectivity index (χ3n) is 3.94. The highest BCUT2D eigenvalue weighted by molar-refractivity contribution is 5.70. The number of carboxylic acid groups (broad SMARTS) is 1. The van der Waals surface area contributed by atoms with Gasteiger partial charge in [-0.15, -0.1) is 0 Å². The zero-order chi connectivity index (χ0) is 16.9. The lowest BCUT2D eigenvalue weighted by Crippen LogP contribution is -2.42. The molecule has 0 heterocycles. The number of likely N-dealkylation sites (N-methyl/N-ethyl adjacent to an activating group) is 1. The van der Waals surface area contributed by atoms with Crippen LogP contribution in [0.2, 0.25) is 0 Å². The fourth-order valence-corrected chi connectivity index (χ4v) is 2.38. The van der Waals surface area contributed by atoms with Gasteiger partial charge < -0.3 is 19.5 Å². The van der Waals surface area contributed by atoms with E-state index in [0.29, 0.717) is 19.4 Å². The van der Waals surface area contributed by atoms with Crippen LogP contribution in [0.3, 0.4) is 0 Å². The summed E-state index contributed by atoms with van der Waals surface area (Å²) in [5, 5.41) is 8.97. The van der Waals surface area contributed by atoms with Crippen molar-refractivity contribution in [2.45, 2.75) is 71.1 Å². The van der Waals surface area contributed by atoms with E-state index in [4.69, 9.17) is 14.6 Å². The second-order valence-corrected chi connectivity index (χ2v) is 7.09. The standard InChI is InChI=1S/C16H29NO5/c1-11(17(5)15(20)22-16(2,3)4)10-21-13-8-6-12(7-9-13)14(18)19/h11-13H,6-10H2,1-5H3,(H,18,19)/t11-,12?,13?/m0/s1. The zero-order valence-electron chi connectivity index (χ0n) is 14.3. The maximum atomic E-state index is 12.0. The van der Waals surface area contributed by atoms with Crippen molar-refractivity contribution >= 4 is 12.1 Å². The van der Waals surface area contributed by atoms with E-state index >= 15 is 0 Å². The van der Waals surface area contributed by atoms with E-state index in [1.165, 1.54) is 4.90 Å². The van der Waals surface area contributed by atoms with Crippen molar-refractivity contribution in [2.24, 2.45) is 5.92 Å². The summed E-state index contributed by atoms with van der Waals surface area (Å²) in [6, 6.07) is -0.0907.